The number of esters is 2. The number of nitro groups is 1. The first-order chi connectivity index (χ1) is 16.2. The quantitative estimate of drug-likeness (QED) is 0.120. The molecule has 0 saturated carbocycles. The van der Waals surface area contributed by atoms with Crippen molar-refractivity contribution in [3.05, 3.63) is 108 Å². The van der Waals surface area contributed by atoms with E-state index < -0.39 is 16.9 Å². The fraction of sp³-hybridized carbons (Fsp3) is 0.0417. The minimum absolute atomic E-state index is 0.0491. The molecule has 0 saturated heterocycles. The third-order valence-corrected chi connectivity index (χ3v) is 5.90. The molecule has 1 heterocycles. The Bertz CT molecular complexity index is 1370. The van der Waals surface area contributed by atoms with Gasteiger partial charge in [0.25, 0.3) is 5.69 Å². The topological polar surface area (TPSA) is 108 Å². The molecule has 3 aromatic carbocycles. The highest BCUT2D eigenvalue weighted by molar-refractivity contribution is 9.11. The Morgan fingerprint density at radius 1 is 1.09 bits per heavy atom. The van der Waals surface area contributed by atoms with Crippen LogP contribution >= 0.6 is 31.9 Å². The number of carbonyl (C=O) groups is 2. The number of non-ortho nitro benzene ring substituents is 1. The van der Waals surface area contributed by atoms with Gasteiger partial charge in [-0.1, -0.05) is 17.7 Å². The number of nitrogens with zero attached hydrogens (tertiary/aromatic N) is 2. The summed E-state index contributed by atoms with van der Waals surface area (Å²) in [6, 6.07) is 15.9. The Balaban J connectivity index is 1.57. The standard InChI is InChI=1S/C24H14Br2N2O6/c1-13-3-2-4-16(9-13)23(29)33-21-18(25)10-14(11-19(21)26)12-20-24(30)34-22(27-20)15-5-7-17(8-6-15)28(31)32/h2-12H,1H3/b20-12-. The maximum absolute atomic E-state index is 12.5. The van der Waals surface area contributed by atoms with Crippen molar-refractivity contribution < 1.29 is 24.0 Å². The fourth-order valence-electron chi connectivity index (χ4n) is 3.10. The molecule has 0 fully saturated rings. The normalized spacial score (nSPS) is 14.0. The van der Waals surface area contributed by atoms with Crippen molar-refractivity contribution >= 4 is 61.5 Å². The molecule has 0 aromatic heterocycles. The second-order valence-corrected chi connectivity index (χ2v) is 8.92. The third kappa shape index (κ3) is 5.13. The first kappa shape index (κ1) is 23.5. The summed E-state index contributed by atoms with van der Waals surface area (Å²) in [7, 11) is 0. The van der Waals surface area contributed by atoms with E-state index in [9.17, 15) is 19.7 Å². The summed E-state index contributed by atoms with van der Waals surface area (Å²) >= 11 is 6.80. The number of rotatable bonds is 5. The molecule has 0 atom stereocenters. The number of hydrogen-bond acceptors (Lipinski definition) is 7. The van der Waals surface area contributed by atoms with Crippen LogP contribution < -0.4 is 4.74 Å². The summed E-state index contributed by atoms with van der Waals surface area (Å²) < 4.78 is 11.7. The molecule has 4 rings (SSSR count). The highest BCUT2D eigenvalue weighted by Gasteiger charge is 2.25. The molecule has 8 nitrogen and oxygen atoms in total. The number of halogens is 2. The monoisotopic (exact) mass is 584 g/mol. The van der Waals surface area contributed by atoms with E-state index in [-0.39, 0.29) is 23.0 Å². The molecule has 34 heavy (non-hydrogen) atoms. The van der Waals surface area contributed by atoms with Crippen molar-refractivity contribution in [2.75, 3.05) is 0 Å². The van der Waals surface area contributed by atoms with Gasteiger partial charge in [-0.3, -0.25) is 10.1 Å². The number of ether oxygens (including phenoxy) is 2. The van der Waals surface area contributed by atoms with Gasteiger partial charge in [0.2, 0.25) is 5.90 Å². The zero-order valence-corrected chi connectivity index (χ0v) is 20.6. The van der Waals surface area contributed by atoms with Gasteiger partial charge < -0.3 is 9.47 Å². The Morgan fingerprint density at radius 3 is 2.38 bits per heavy atom. The van der Waals surface area contributed by atoms with Crippen LogP contribution in [-0.4, -0.2) is 22.8 Å². The maximum Gasteiger partial charge on any atom is 0.363 e. The Kier molecular flexibility index (Phi) is 6.71. The number of carbonyl (C=O) groups excluding carboxylic acids is 2. The maximum atomic E-state index is 12.5. The van der Waals surface area contributed by atoms with Crippen LogP contribution in [0.2, 0.25) is 0 Å². The molecule has 0 radical (unpaired) electrons. The lowest BCUT2D eigenvalue weighted by atomic mass is 10.1. The molecule has 1 aliphatic heterocycles. The van der Waals surface area contributed by atoms with Gasteiger partial charge in [0.05, 0.1) is 19.4 Å². The first-order valence-electron chi connectivity index (χ1n) is 9.76. The van der Waals surface area contributed by atoms with Crippen LogP contribution in [0.5, 0.6) is 5.75 Å². The summed E-state index contributed by atoms with van der Waals surface area (Å²) in [5.74, 6) is -0.825. The fourth-order valence-corrected chi connectivity index (χ4v) is 4.48. The first-order valence-corrected chi connectivity index (χ1v) is 11.3. The third-order valence-electron chi connectivity index (χ3n) is 4.72. The van der Waals surface area contributed by atoms with Gasteiger partial charge in [-0.25, -0.2) is 14.6 Å². The molecule has 0 unspecified atom stereocenters. The van der Waals surface area contributed by atoms with Crippen molar-refractivity contribution in [3.8, 4) is 5.75 Å². The van der Waals surface area contributed by atoms with Gasteiger partial charge in [-0.05, 0) is 86.8 Å². The zero-order chi connectivity index (χ0) is 24.4. The van der Waals surface area contributed by atoms with E-state index in [1.54, 1.807) is 30.3 Å². The smallest absolute Gasteiger partial charge is 0.363 e. The second-order valence-electron chi connectivity index (χ2n) is 7.21. The van der Waals surface area contributed by atoms with Gasteiger partial charge in [0.1, 0.15) is 0 Å². The summed E-state index contributed by atoms with van der Waals surface area (Å²) in [6.07, 6.45) is 1.52. The Morgan fingerprint density at radius 2 is 1.76 bits per heavy atom. The molecule has 1 aliphatic rings. The van der Waals surface area contributed by atoms with Crippen LogP contribution in [0.15, 0.2) is 80.3 Å². The molecule has 170 valence electrons. The largest absolute Gasteiger partial charge is 0.421 e. The number of aliphatic imine (C=N–C) groups is 1. The molecular formula is C24H14Br2N2O6. The SMILES string of the molecule is Cc1cccc(C(=O)Oc2c(Br)cc(/C=C3\N=C(c4ccc([N+](=O)[O-])cc4)OC3=O)cc2Br)c1. The lowest BCUT2D eigenvalue weighted by Crippen LogP contribution is -2.09. The number of cyclic esters (lactones) is 1. The molecule has 0 bridgehead atoms. The van der Waals surface area contributed by atoms with Crippen LogP contribution in [0.3, 0.4) is 0 Å². The number of aryl methyl sites for hydroxylation is 1. The van der Waals surface area contributed by atoms with Gasteiger partial charge in [-0.15, -0.1) is 0 Å². The van der Waals surface area contributed by atoms with E-state index in [0.29, 0.717) is 25.6 Å². The molecule has 0 aliphatic carbocycles. The molecular weight excluding hydrogens is 572 g/mol. The zero-order valence-electron chi connectivity index (χ0n) is 17.5. The van der Waals surface area contributed by atoms with Gasteiger partial charge in [0.15, 0.2) is 11.4 Å². The van der Waals surface area contributed by atoms with Crippen molar-refractivity contribution in [1.29, 1.82) is 0 Å². The highest BCUT2D eigenvalue weighted by atomic mass is 79.9. The molecule has 0 spiro atoms. The van der Waals surface area contributed by atoms with Crippen LogP contribution in [0.1, 0.15) is 27.0 Å². The highest BCUT2D eigenvalue weighted by Crippen LogP contribution is 2.36. The number of hydrogen-bond donors (Lipinski definition) is 0. The second kappa shape index (κ2) is 9.70. The van der Waals surface area contributed by atoms with E-state index in [1.807, 2.05) is 13.0 Å². The molecule has 0 N–H and O–H groups in total. The van der Waals surface area contributed by atoms with Crippen molar-refractivity contribution in [2.45, 2.75) is 6.92 Å². The van der Waals surface area contributed by atoms with Crippen molar-refractivity contribution in [1.82, 2.24) is 0 Å². The molecule has 10 heteroatoms. The van der Waals surface area contributed by atoms with Gasteiger partial charge in [-0.2, -0.15) is 0 Å². The molecule has 0 amide bonds. The number of benzene rings is 3. The predicted molar refractivity (Wildman–Crippen MR) is 132 cm³/mol. The summed E-state index contributed by atoms with van der Waals surface area (Å²) in [6.45, 7) is 1.88. The summed E-state index contributed by atoms with van der Waals surface area (Å²) in [5.41, 5.74) is 2.36. The van der Waals surface area contributed by atoms with Gasteiger partial charge in [0, 0.05) is 17.7 Å². The van der Waals surface area contributed by atoms with E-state index >= 15 is 0 Å². The lowest BCUT2D eigenvalue weighted by Gasteiger charge is -2.10. The van der Waals surface area contributed by atoms with E-state index in [0.717, 1.165) is 5.56 Å². The minimum Gasteiger partial charge on any atom is -0.421 e. The summed E-state index contributed by atoms with van der Waals surface area (Å²) in [5, 5.41) is 10.8. The average molecular weight is 586 g/mol. The average Bonchev–Trinajstić information content (AvgIpc) is 3.16. The summed E-state index contributed by atoms with van der Waals surface area (Å²) in [4.78, 5) is 39.3. The van der Waals surface area contributed by atoms with Crippen molar-refractivity contribution in [2.24, 2.45) is 4.99 Å². The van der Waals surface area contributed by atoms with E-state index in [1.165, 1.54) is 30.3 Å². The van der Waals surface area contributed by atoms with Crippen LogP contribution in [0, 0.1) is 17.0 Å². The lowest BCUT2D eigenvalue weighted by molar-refractivity contribution is -0.384. The van der Waals surface area contributed by atoms with Crippen LogP contribution in [0.25, 0.3) is 6.08 Å². The predicted octanol–water partition coefficient (Wildman–Crippen LogP) is 5.99. The number of nitro benzene ring substituents is 1. The molecule has 3 aromatic rings. The van der Waals surface area contributed by atoms with Crippen LogP contribution in [-0.2, 0) is 9.53 Å². The van der Waals surface area contributed by atoms with Crippen molar-refractivity contribution in [3.63, 3.8) is 0 Å². The van der Waals surface area contributed by atoms with Gasteiger partial charge >= 0.3 is 11.9 Å². The van der Waals surface area contributed by atoms with E-state index in [4.69, 9.17) is 9.47 Å². The Labute approximate surface area is 210 Å². The van der Waals surface area contributed by atoms with Crippen LogP contribution in [0.4, 0.5) is 5.69 Å². The van der Waals surface area contributed by atoms with E-state index in [2.05, 4.69) is 36.9 Å². The minimum atomic E-state index is -0.657. The Hall–Kier alpha value is -3.63.